The van der Waals surface area contributed by atoms with E-state index < -0.39 is 29.3 Å². The summed E-state index contributed by atoms with van der Waals surface area (Å²) in [7, 11) is 0. The summed E-state index contributed by atoms with van der Waals surface area (Å²) in [5, 5.41) is 19.9. The smallest absolute Gasteiger partial charge is 0.336 e. The van der Waals surface area contributed by atoms with Crippen molar-refractivity contribution in [2.75, 3.05) is 6.54 Å². The fourth-order valence-electron chi connectivity index (χ4n) is 4.55. The molecule has 1 fully saturated rings. The second-order valence-corrected chi connectivity index (χ2v) is 7.69. The lowest BCUT2D eigenvalue weighted by molar-refractivity contribution is 0.0710. The quantitative estimate of drug-likeness (QED) is 0.681. The van der Waals surface area contributed by atoms with E-state index in [2.05, 4.69) is 4.98 Å². The molecule has 0 aliphatic carbocycles. The zero-order chi connectivity index (χ0) is 22.0. The lowest BCUT2D eigenvalue weighted by atomic mass is 10.1. The van der Waals surface area contributed by atoms with Crippen LogP contribution in [-0.2, 0) is 0 Å². The molecule has 1 aromatic carbocycles. The zero-order valence-corrected chi connectivity index (χ0v) is 16.2. The maximum atomic E-state index is 13.6. The van der Waals surface area contributed by atoms with Crippen LogP contribution in [0.15, 0.2) is 35.3 Å². The molecule has 5 rings (SSSR count). The predicted molar refractivity (Wildman–Crippen MR) is 103 cm³/mol. The van der Waals surface area contributed by atoms with Crippen molar-refractivity contribution in [3.05, 3.63) is 75.1 Å². The highest BCUT2D eigenvalue weighted by Crippen LogP contribution is 2.49. The Kier molecular flexibility index (Phi) is 3.98. The number of halogens is 2. The number of hydrogen-bond donors (Lipinski definition) is 1. The highest BCUT2D eigenvalue weighted by atomic mass is 19.1. The molecular formula is C21H15F2N5O3. The van der Waals surface area contributed by atoms with E-state index in [-0.39, 0.29) is 35.4 Å². The molecule has 2 aliphatic heterocycles. The van der Waals surface area contributed by atoms with E-state index in [0.29, 0.717) is 23.7 Å². The van der Waals surface area contributed by atoms with Crippen molar-refractivity contribution in [2.45, 2.75) is 25.4 Å². The van der Waals surface area contributed by atoms with E-state index in [1.807, 2.05) is 6.07 Å². The van der Waals surface area contributed by atoms with Crippen LogP contribution in [0.4, 0.5) is 8.78 Å². The number of carbonyl (C=O) groups is 1. The van der Waals surface area contributed by atoms with E-state index >= 15 is 0 Å². The van der Waals surface area contributed by atoms with Gasteiger partial charge >= 0.3 is 5.69 Å². The number of nitrogens with zero attached hydrogens (tertiary/aromatic N) is 5. The first-order chi connectivity index (χ1) is 14.8. The second-order valence-electron chi connectivity index (χ2n) is 7.69. The monoisotopic (exact) mass is 423 g/mol. The Morgan fingerprint density at radius 2 is 1.97 bits per heavy atom. The summed E-state index contributed by atoms with van der Waals surface area (Å²) < 4.78 is 29.7. The molecule has 2 atom stereocenters. The molecule has 0 radical (unpaired) electrons. The lowest BCUT2D eigenvalue weighted by Gasteiger charge is -2.27. The molecule has 4 heterocycles. The van der Waals surface area contributed by atoms with Crippen molar-refractivity contribution in [3.63, 3.8) is 0 Å². The van der Waals surface area contributed by atoms with Gasteiger partial charge in [0, 0.05) is 18.2 Å². The molecule has 1 amide bonds. The molecule has 8 nitrogen and oxygen atoms in total. The number of likely N-dealkylation sites (tertiary alicyclic amines) is 1. The highest BCUT2D eigenvalue weighted by molar-refractivity contribution is 5.95. The van der Waals surface area contributed by atoms with Gasteiger partial charge in [-0.25, -0.2) is 23.1 Å². The fourth-order valence-corrected chi connectivity index (χ4v) is 4.55. The predicted octanol–water partition coefficient (Wildman–Crippen LogP) is 2.34. The number of aromatic nitrogens is 3. The number of amides is 1. The summed E-state index contributed by atoms with van der Waals surface area (Å²) >= 11 is 0. The van der Waals surface area contributed by atoms with Gasteiger partial charge in [-0.2, -0.15) is 5.26 Å². The molecule has 3 aromatic rings. The molecule has 0 spiro atoms. The van der Waals surface area contributed by atoms with Crippen molar-refractivity contribution in [1.29, 1.82) is 5.26 Å². The number of fused-ring (bicyclic) bond motifs is 5. The minimum atomic E-state index is -0.859. The third kappa shape index (κ3) is 2.66. The number of carbonyl (C=O) groups excluding carboxylic acids is 1. The Labute approximate surface area is 174 Å². The molecule has 2 unspecified atom stereocenters. The fraction of sp³-hybridized carbons (Fsp3) is 0.238. The van der Waals surface area contributed by atoms with Gasteiger partial charge in [0.15, 0.2) is 0 Å². The summed E-state index contributed by atoms with van der Waals surface area (Å²) in [6, 6.07) is 5.15. The summed E-state index contributed by atoms with van der Waals surface area (Å²) in [5.74, 6) is -2.62. The second kappa shape index (κ2) is 6.50. The standard InChI is InChI=1S/C21H15F2N5O3/c1-10-2-14(8-25-16(10)7-24)28-20(30)18-17-6-15(27(18)21(28)31)9-26(17)19(29)11-3-12(22)5-13(23)4-11/h2-5,8,15,17,30H,6,9H2,1H3. The average Bonchev–Trinajstić information content (AvgIpc) is 3.38. The molecule has 2 bridgehead atoms. The number of aryl methyl sites for hydroxylation is 1. The summed E-state index contributed by atoms with van der Waals surface area (Å²) in [6.07, 6.45) is 1.75. The molecule has 2 aromatic heterocycles. The highest BCUT2D eigenvalue weighted by Gasteiger charge is 2.49. The van der Waals surface area contributed by atoms with Crippen LogP contribution in [0.2, 0.25) is 0 Å². The van der Waals surface area contributed by atoms with Gasteiger partial charge in [-0.05, 0) is 37.1 Å². The van der Waals surface area contributed by atoms with Crippen molar-refractivity contribution in [3.8, 4) is 17.6 Å². The van der Waals surface area contributed by atoms with Crippen molar-refractivity contribution < 1.29 is 18.7 Å². The minimum absolute atomic E-state index is 0.134. The normalized spacial score (nSPS) is 18.8. The van der Waals surface area contributed by atoms with E-state index in [0.717, 1.165) is 16.7 Å². The van der Waals surface area contributed by atoms with E-state index in [9.17, 15) is 23.5 Å². The largest absolute Gasteiger partial charge is 0.493 e. The molecule has 0 saturated carbocycles. The maximum absolute atomic E-state index is 13.6. The number of rotatable bonds is 2. The first-order valence-electron chi connectivity index (χ1n) is 9.50. The van der Waals surface area contributed by atoms with Gasteiger partial charge in [0.05, 0.1) is 24.0 Å². The van der Waals surface area contributed by atoms with Crippen LogP contribution in [0.3, 0.4) is 0 Å². The Morgan fingerprint density at radius 1 is 1.26 bits per heavy atom. The molecule has 31 heavy (non-hydrogen) atoms. The lowest BCUT2D eigenvalue weighted by Crippen LogP contribution is -2.37. The van der Waals surface area contributed by atoms with Gasteiger partial charge in [-0.15, -0.1) is 0 Å². The van der Waals surface area contributed by atoms with E-state index in [4.69, 9.17) is 5.26 Å². The van der Waals surface area contributed by atoms with Crippen LogP contribution in [0.5, 0.6) is 5.88 Å². The zero-order valence-electron chi connectivity index (χ0n) is 16.2. The molecular weight excluding hydrogens is 408 g/mol. The van der Waals surface area contributed by atoms with Crippen molar-refractivity contribution in [1.82, 2.24) is 19.0 Å². The first kappa shape index (κ1) is 19.0. The molecule has 1 saturated heterocycles. The number of aromatic hydroxyl groups is 1. The van der Waals surface area contributed by atoms with Crippen LogP contribution in [0.1, 0.15) is 45.8 Å². The van der Waals surface area contributed by atoms with E-state index in [1.165, 1.54) is 15.7 Å². The molecule has 156 valence electrons. The Bertz CT molecular complexity index is 1350. The van der Waals surface area contributed by atoms with Crippen LogP contribution in [0.25, 0.3) is 5.69 Å². The number of pyridine rings is 1. The van der Waals surface area contributed by atoms with Crippen molar-refractivity contribution >= 4 is 5.91 Å². The molecule has 2 aliphatic rings. The summed E-state index contributed by atoms with van der Waals surface area (Å²) in [5.41, 5.74) is 0.714. The van der Waals surface area contributed by atoms with Crippen LogP contribution in [-0.4, -0.2) is 36.6 Å². The van der Waals surface area contributed by atoms with Crippen LogP contribution >= 0.6 is 0 Å². The first-order valence-corrected chi connectivity index (χ1v) is 9.50. The van der Waals surface area contributed by atoms with Gasteiger partial charge in [0.1, 0.15) is 29.1 Å². The Morgan fingerprint density at radius 3 is 2.61 bits per heavy atom. The van der Waals surface area contributed by atoms with Crippen molar-refractivity contribution in [2.24, 2.45) is 0 Å². The Hall–Kier alpha value is -4.00. The van der Waals surface area contributed by atoms with Gasteiger partial charge in [-0.1, -0.05) is 0 Å². The summed E-state index contributed by atoms with van der Waals surface area (Å²) in [4.78, 5) is 31.4. The number of benzene rings is 1. The third-order valence-electron chi connectivity index (χ3n) is 5.86. The SMILES string of the molecule is Cc1cc(-n2c(O)c3n(c2=O)C2CC3N(C(=O)c3cc(F)cc(F)c3)C2)cnc1C#N. The topological polar surface area (TPSA) is 104 Å². The minimum Gasteiger partial charge on any atom is -0.493 e. The number of nitriles is 1. The van der Waals surface area contributed by atoms with Gasteiger partial charge in [-0.3, -0.25) is 9.36 Å². The van der Waals surface area contributed by atoms with E-state index in [1.54, 1.807) is 13.0 Å². The summed E-state index contributed by atoms with van der Waals surface area (Å²) in [6.45, 7) is 1.85. The maximum Gasteiger partial charge on any atom is 0.336 e. The van der Waals surface area contributed by atoms with Crippen LogP contribution in [0, 0.1) is 29.9 Å². The number of imidazole rings is 1. The molecule has 1 N–H and O–H groups in total. The van der Waals surface area contributed by atoms with Gasteiger partial charge in [0.2, 0.25) is 5.88 Å². The van der Waals surface area contributed by atoms with Gasteiger partial charge in [0.25, 0.3) is 5.91 Å². The third-order valence-corrected chi connectivity index (χ3v) is 5.86. The average molecular weight is 423 g/mol. The Balaban J connectivity index is 1.57. The van der Waals surface area contributed by atoms with Gasteiger partial charge < -0.3 is 10.0 Å². The molecule has 10 heteroatoms. The number of hydrogen-bond acceptors (Lipinski definition) is 5. The van der Waals surface area contributed by atoms with Crippen LogP contribution < -0.4 is 5.69 Å².